The summed E-state index contributed by atoms with van der Waals surface area (Å²) >= 11 is 0. The predicted octanol–water partition coefficient (Wildman–Crippen LogP) is 1.90. The van der Waals surface area contributed by atoms with Crippen LogP contribution in [0.3, 0.4) is 0 Å². The highest BCUT2D eigenvalue weighted by Crippen LogP contribution is 2.35. The lowest BCUT2D eigenvalue weighted by Crippen LogP contribution is -2.11. The molecule has 4 nitrogen and oxygen atoms in total. The molecule has 20 heavy (non-hydrogen) atoms. The van der Waals surface area contributed by atoms with E-state index in [4.69, 9.17) is 18.9 Å². The number of epoxide rings is 2. The van der Waals surface area contributed by atoms with E-state index in [-0.39, 0.29) is 12.2 Å². The topological polar surface area (TPSA) is 43.5 Å². The molecule has 0 amide bonds. The van der Waals surface area contributed by atoms with Crippen LogP contribution in [0.2, 0.25) is 0 Å². The number of allylic oxidation sites excluding steroid dienone is 2. The molecule has 0 aromatic heterocycles. The summed E-state index contributed by atoms with van der Waals surface area (Å²) in [6, 6.07) is 4.03. The lowest BCUT2D eigenvalue weighted by molar-refractivity contribution is 0.254. The van der Waals surface area contributed by atoms with Crippen LogP contribution < -0.4 is 9.47 Å². The van der Waals surface area contributed by atoms with Gasteiger partial charge in [0.25, 0.3) is 0 Å². The zero-order chi connectivity index (χ0) is 13.4. The smallest absolute Gasteiger partial charge is 0.123 e. The van der Waals surface area contributed by atoms with Crippen LogP contribution in [0.25, 0.3) is 0 Å². The number of hydrogen-bond donors (Lipinski definition) is 0. The highest BCUT2D eigenvalue weighted by Gasteiger charge is 2.26. The Morgan fingerprint density at radius 2 is 1.30 bits per heavy atom. The van der Waals surface area contributed by atoms with Crippen molar-refractivity contribution in [2.24, 2.45) is 0 Å². The third kappa shape index (κ3) is 2.67. The van der Waals surface area contributed by atoms with E-state index in [0.717, 1.165) is 37.6 Å². The molecule has 2 aliphatic heterocycles. The molecule has 4 heteroatoms. The van der Waals surface area contributed by atoms with Crippen molar-refractivity contribution in [2.45, 2.75) is 25.0 Å². The van der Waals surface area contributed by atoms with Gasteiger partial charge in [0.05, 0.1) is 13.2 Å². The zero-order valence-corrected chi connectivity index (χ0v) is 11.3. The Labute approximate surface area is 118 Å². The number of rotatable bonds is 6. The van der Waals surface area contributed by atoms with Crippen LogP contribution in [0.5, 0.6) is 11.5 Å². The van der Waals surface area contributed by atoms with Gasteiger partial charge < -0.3 is 18.9 Å². The largest absolute Gasteiger partial charge is 0.490 e. The summed E-state index contributed by atoms with van der Waals surface area (Å²) in [5.74, 6) is 1.93. The molecule has 3 aliphatic rings. The van der Waals surface area contributed by atoms with Crippen molar-refractivity contribution in [3.63, 3.8) is 0 Å². The van der Waals surface area contributed by atoms with E-state index in [1.54, 1.807) is 0 Å². The second kappa shape index (κ2) is 5.11. The molecule has 2 atom stereocenters. The zero-order valence-electron chi connectivity index (χ0n) is 11.3. The summed E-state index contributed by atoms with van der Waals surface area (Å²) in [7, 11) is 0. The van der Waals surface area contributed by atoms with Gasteiger partial charge in [0.2, 0.25) is 0 Å². The van der Waals surface area contributed by atoms with Crippen LogP contribution in [0, 0.1) is 0 Å². The Balaban J connectivity index is 1.54. The van der Waals surface area contributed by atoms with E-state index in [9.17, 15) is 0 Å². The van der Waals surface area contributed by atoms with Gasteiger partial charge in [-0.1, -0.05) is 12.2 Å². The Morgan fingerprint density at radius 3 is 1.70 bits per heavy atom. The van der Waals surface area contributed by atoms with Crippen LogP contribution >= 0.6 is 0 Å². The van der Waals surface area contributed by atoms with E-state index >= 15 is 0 Å². The minimum Gasteiger partial charge on any atom is -0.490 e. The fourth-order valence-electron chi connectivity index (χ4n) is 2.46. The summed E-state index contributed by atoms with van der Waals surface area (Å²) in [5.41, 5.74) is 2.50. The molecule has 0 N–H and O–H groups in total. The summed E-state index contributed by atoms with van der Waals surface area (Å²) in [4.78, 5) is 0. The number of hydrogen-bond acceptors (Lipinski definition) is 4. The van der Waals surface area contributed by atoms with E-state index in [0.29, 0.717) is 13.2 Å². The van der Waals surface area contributed by atoms with Gasteiger partial charge in [0, 0.05) is 11.1 Å². The molecule has 106 valence electrons. The van der Waals surface area contributed by atoms with Gasteiger partial charge in [0.1, 0.15) is 36.9 Å². The Bertz CT molecular complexity index is 483. The van der Waals surface area contributed by atoms with Crippen LogP contribution in [0.1, 0.15) is 11.1 Å². The first kappa shape index (κ1) is 12.2. The first-order chi connectivity index (χ1) is 9.90. The minimum absolute atomic E-state index is 0.285. The molecule has 2 fully saturated rings. The molecule has 1 aliphatic carbocycles. The lowest BCUT2D eigenvalue weighted by atomic mass is 9.95. The van der Waals surface area contributed by atoms with Gasteiger partial charge in [-0.2, -0.15) is 0 Å². The Hall–Kier alpha value is -1.52. The van der Waals surface area contributed by atoms with E-state index in [1.165, 1.54) is 11.1 Å². The first-order valence-electron chi connectivity index (χ1n) is 7.18. The van der Waals surface area contributed by atoms with Crippen molar-refractivity contribution in [3.05, 3.63) is 35.4 Å². The number of ether oxygens (including phenoxy) is 4. The molecular weight excluding hydrogens is 256 g/mol. The van der Waals surface area contributed by atoms with Crippen LogP contribution in [0.15, 0.2) is 24.3 Å². The second-order valence-corrected chi connectivity index (χ2v) is 5.43. The monoisotopic (exact) mass is 274 g/mol. The van der Waals surface area contributed by atoms with E-state index in [1.807, 2.05) is 12.1 Å². The van der Waals surface area contributed by atoms with Gasteiger partial charge in [-0.15, -0.1) is 0 Å². The van der Waals surface area contributed by atoms with Crippen molar-refractivity contribution in [2.75, 3.05) is 26.4 Å². The maximum Gasteiger partial charge on any atom is 0.123 e. The normalized spacial score (nSPS) is 26.0. The van der Waals surface area contributed by atoms with Crippen molar-refractivity contribution >= 4 is 0 Å². The molecule has 1 aromatic carbocycles. The summed E-state index contributed by atoms with van der Waals surface area (Å²) in [6.45, 7) is 2.94. The maximum atomic E-state index is 5.88. The van der Waals surface area contributed by atoms with Crippen LogP contribution in [0.4, 0.5) is 0 Å². The maximum absolute atomic E-state index is 5.88. The standard InChI is InChI=1S/C16H18O4/c1-2-4-14-13(3-1)15(19-9-11-7-17-11)5-6-16(14)20-10-12-8-18-12/h1-2,5-6,11-12H,3-4,7-10H2. The van der Waals surface area contributed by atoms with Crippen molar-refractivity contribution in [1.29, 1.82) is 0 Å². The van der Waals surface area contributed by atoms with Gasteiger partial charge >= 0.3 is 0 Å². The van der Waals surface area contributed by atoms with Crippen molar-refractivity contribution < 1.29 is 18.9 Å². The molecule has 4 rings (SSSR count). The fourth-order valence-corrected chi connectivity index (χ4v) is 2.46. The highest BCUT2D eigenvalue weighted by atomic mass is 16.6. The summed E-state index contributed by atoms with van der Waals surface area (Å²) in [6.07, 6.45) is 6.77. The SMILES string of the molecule is C1=CCc2c(OCC3CO3)ccc(OCC3CO3)c2C1. The highest BCUT2D eigenvalue weighted by molar-refractivity contribution is 5.52. The van der Waals surface area contributed by atoms with Crippen LogP contribution in [-0.4, -0.2) is 38.6 Å². The molecule has 0 bridgehead atoms. The molecule has 0 radical (unpaired) electrons. The average Bonchev–Trinajstić information content (AvgIpc) is 3.38. The molecule has 1 aromatic rings. The molecule has 0 spiro atoms. The quantitative estimate of drug-likeness (QED) is 0.587. The third-order valence-electron chi connectivity index (χ3n) is 3.81. The Morgan fingerprint density at radius 1 is 0.850 bits per heavy atom. The van der Waals surface area contributed by atoms with E-state index < -0.39 is 0 Å². The number of fused-ring (bicyclic) bond motifs is 1. The van der Waals surface area contributed by atoms with Crippen molar-refractivity contribution in [3.8, 4) is 11.5 Å². The molecular formula is C16H18O4. The minimum atomic E-state index is 0.285. The fraction of sp³-hybridized carbons (Fsp3) is 0.500. The van der Waals surface area contributed by atoms with E-state index in [2.05, 4.69) is 12.2 Å². The lowest BCUT2D eigenvalue weighted by Gasteiger charge is -2.20. The summed E-state index contributed by atoms with van der Waals surface area (Å²) in [5, 5.41) is 0. The molecule has 2 unspecified atom stereocenters. The van der Waals surface area contributed by atoms with Gasteiger partial charge in [0.15, 0.2) is 0 Å². The molecule has 2 saturated heterocycles. The van der Waals surface area contributed by atoms with Crippen LogP contribution in [-0.2, 0) is 22.3 Å². The van der Waals surface area contributed by atoms with Gasteiger partial charge in [-0.05, 0) is 25.0 Å². The first-order valence-corrected chi connectivity index (χ1v) is 7.18. The Kier molecular flexibility index (Phi) is 3.13. The molecule has 2 heterocycles. The number of benzene rings is 1. The van der Waals surface area contributed by atoms with Gasteiger partial charge in [-0.25, -0.2) is 0 Å². The molecule has 0 saturated carbocycles. The predicted molar refractivity (Wildman–Crippen MR) is 73.5 cm³/mol. The van der Waals surface area contributed by atoms with Crippen molar-refractivity contribution in [1.82, 2.24) is 0 Å². The average molecular weight is 274 g/mol. The third-order valence-corrected chi connectivity index (χ3v) is 3.81. The second-order valence-electron chi connectivity index (χ2n) is 5.43. The summed E-state index contributed by atoms with van der Waals surface area (Å²) < 4.78 is 22.1. The van der Waals surface area contributed by atoms with Gasteiger partial charge in [-0.3, -0.25) is 0 Å².